The van der Waals surface area contributed by atoms with Crippen molar-refractivity contribution in [2.24, 2.45) is 5.73 Å². The van der Waals surface area contributed by atoms with Gasteiger partial charge in [-0.1, -0.05) is 30.3 Å². The van der Waals surface area contributed by atoms with Crippen LogP contribution >= 0.6 is 12.4 Å². The summed E-state index contributed by atoms with van der Waals surface area (Å²) >= 11 is 0. The Morgan fingerprint density at radius 2 is 2.04 bits per heavy atom. The van der Waals surface area contributed by atoms with Crippen molar-refractivity contribution in [3.05, 3.63) is 35.9 Å². The Labute approximate surface area is 145 Å². The van der Waals surface area contributed by atoms with Gasteiger partial charge in [0, 0.05) is 51.7 Å². The van der Waals surface area contributed by atoms with Gasteiger partial charge in [0.25, 0.3) is 0 Å². The fraction of sp³-hybridized carbons (Fsp3) is 0.588. The molecule has 1 aromatic carbocycles. The van der Waals surface area contributed by atoms with Gasteiger partial charge in [-0.15, -0.1) is 12.4 Å². The van der Waals surface area contributed by atoms with E-state index in [0.717, 1.165) is 39.1 Å². The van der Waals surface area contributed by atoms with E-state index in [0.29, 0.717) is 19.0 Å². The minimum atomic E-state index is 0. The monoisotopic (exact) mass is 340 g/mol. The van der Waals surface area contributed by atoms with Crippen molar-refractivity contribution < 1.29 is 4.79 Å². The van der Waals surface area contributed by atoms with E-state index in [4.69, 9.17) is 5.73 Å². The Morgan fingerprint density at radius 1 is 1.30 bits per heavy atom. The third kappa shape index (κ3) is 6.47. The number of nitrogens with one attached hydrogen (secondary N) is 1. The molecule has 1 saturated heterocycles. The zero-order chi connectivity index (χ0) is 15.8. The highest BCUT2D eigenvalue weighted by Gasteiger charge is 2.25. The summed E-state index contributed by atoms with van der Waals surface area (Å²) in [5.74, 6) is 0.0560. The molecule has 0 bridgehead atoms. The maximum atomic E-state index is 11.4. The van der Waals surface area contributed by atoms with Gasteiger partial charge in [-0.3, -0.25) is 9.69 Å². The van der Waals surface area contributed by atoms with E-state index in [1.165, 1.54) is 5.56 Å². The van der Waals surface area contributed by atoms with E-state index < -0.39 is 0 Å². The van der Waals surface area contributed by atoms with Crippen molar-refractivity contribution in [3.8, 4) is 0 Å². The summed E-state index contributed by atoms with van der Waals surface area (Å²) in [4.78, 5) is 16.3. The quantitative estimate of drug-likeness (QED) is 0.733. The fourth-order valence-electron chi connectivity index (χ4n) is 2.95. The van der Waals surface area contributed by atoms with E-state index in [9.17, 15) is 4.79 Å². The molecular weight excluding hydrogens is 312 g/mol. The average molecular weight is 341 g/mol. The molecule has 1 unspecified atom stereocenters. The molecule has 2 rings (SSSR count). The number of rotatable bonds is 7. The maximum absolute atomic E-state index is 11.4. The topological polar surface area (TPSA) is 61.6 Å². The van der Waals surface area contributed by atoms with Gasteiger partial charge in [-0.2, -0.15) is 0 Å². The third-order valence-electron chi connectivity index (χ3n) is 4.19. The molecule has 0 spiro atoms. The number of likely N-dealkylation sites (N-methyl/N-ethyl adjacent to an activating group) is 1. The van der Waals surface area contributed by atoms with Gasteiger partial charge >= 0.3 is 0 Å². The highest BCUT2D eigenvalue weighted by Crippen LogP contribution is 2.24. The van der Waals surface area contributed by atoms with Crippen molar-refractivity contribution in [2.45, 2.75) is 18.9 Å². The number of nitrogens with zero attached hydrogens (tertiary/aromatic N) is 2. The standard InChI is InChI=1S/C17H28N4O.ClH/c1-20-12-13-21(11-5-10-19-17(22)8-9-18)16(14-20)15-6-3-2-4-7-15;/h2-4,6-7,16H,5,8-14,18H2,1H3,(H,19,22);1H. The molecule has 3 N–H and O–H groups in total. The molecule has 1 aliphatic rings. The molecule has 1 aromatic rings. The number of carbonyl (C=O) groups is 1. The minimum Gasteiger partial charge on any atom is -0.356 e. The first-order chi connectivity index (χ1) is 10.7. The third-order valence-corrected chi connectivity index (χ3v) is 4.19. The summed E-state index contributed by atoms with van der Waals surface area (Å²) < 4.78 is 0. The number of benzene rings is 1. The lowest BCUT2D eigenvalue weighted by atomic mass is 10.0. The SMILES string of the molecule is CN1CCN(CCCNC(=O)CCN)C(c2ccccc2)C1.Cl. The highest BCUT2D eigenvalue weighted by atomic mass is 35.5. The smallest absolute Gasteiger partial charge is 0.221 e. The summed E-state index contributed by atoms with van der Waals surface area (Å²) in [6, 6.07) is 11.1. The lowest BCUT2D eigenvalue weighted by molar-refractivity contribution is -0.120. The second-order valence-corrected chi connectivity index (χ2v) is 5.97. The van der Waals surface area contributed by atoms with Crippen molar-refractivity contribution in [3.63, 3.8) is 0 Å². The summed E-state index contributed by atoms with van der Waals surface area (Å²) in [7, 11) is 2.18. The summed E-state index contributed by atoms with van der Waals surface area (Å²) in [5, 5.41) is 2.93. The maximum Gasteiger partial charge on any atom is 0.221 e. The zero-order valence-electron chi connectivity index (χ0n) is 13.9. The molecule has 1 atom stereocenters. The minimum absolute atomic E-state index is 0. The van der Waals surface area contributed by atoms with Gasteiger partial charge in [0.1, 0.15) is 0 Å². The van der Waals surface area contributed by atoms with Gasteiger partial charge in [0.2, 0.25) is 5.91 Å². The fourth-order valence-corrected chi connectivity index (χ4v) is 2.95. The highest BCUT2D eigenvalue weighted by molar-refractivity contribution is 5.85. The van der Waals surface area contributed by atoms with E-state index in [1.54, 1.807) is 0 Å². The normalized spacial score (nSPS) is 19.1. The first-order valence-electron chi connectivity index (χ1n) is 8.15. The lowest BCUT2D eigenvalue weighted by Crippen LogP contribution is -2.47. The van der Waals surface area contributed by atoms with Crippen LogP contribution in [0.3, 0.4) is 0 Å². The van der Waals surface area contributed by atoms with Crippen LogP contribution in [-0.2, 0) is 4.79 Å². The molecule has 0 aliphatic carbocycles. The number of hydrogen-bond acceptors (Lipinski definition) is 4. The first-order valence-corrected chi connectivity index (χ1v) is 8.15. The Balaban J connectivity index is 0.00000264. The predicted molar refractivity (Wildman–Crippen MR) is 96.8 cm³/mol. The van der Waals surface area contributed by atoms with Gasteiger partial charge in [-0.05, 0) is 19.0 Å². The molecule has 130 valence electrons. The van der Waals surface area contributed by atoms with Gasteiger partial charge < -0.3 is 16.0 Å². The molecular formula is C17H29ClN4O. The molecule has 1 amide bonds. The van der Waals surface area contributed by atoms with Crippen LogP contribution < -0.4 is 11.1 Å². The lowest BCUT2D eigenvalue weighted by Gasteiger charge is -2.40. The van der Waals surface area contributed by atoms with E-state index in [1.807, 2.05) is 0 Å². The van der Waals surface area contributed by atoms with Crippen LogP contribution in [0.5, 0.6) is 0 Å². The van der Waals surface area contributed by atoms with Crippen LogP contribution in [-0.4, -0.2) is 62.0 Å². The van der Waals surface area contributed by atoms with Crippen LogP contribution in [0.1, 0.15) is 24.4 Å². The summed E-state index contributed by atoms with van der Waals surface area (Å²) in [6.45, 7) is 5.39. The molecule has 5 nitrogen and oxygen atoms in total. The van der Waals surface area contributed by atoms with Crippen molar-refractivity contribution in [2.75, 3.05) is 46.3 Å². The second-order valence-electron chi connectivity index (χ2n) is 5.97. The van der Waals surface area contributed by atoms with Crippen LogP contribution in [0.4, 0.5) is 0 Å². The summed E-state index contributed by atoms with van der Waals surface area (Å²) in [6.07, 6.45) is 1.39. The molecule has 23 heavy (non-hydrogen) atoms. The number of carbonyl (C=O) groups excluding carboxylic acids is 1. The van der Waals surface area contributed by atoms with Crippen molar-refractivity contribution in [1.29, 1.82) is 0 Å². The zero-order valence-corrected chi connectivity index (χ0v) is 14.7. The van der Waals surface area contributed by atoms with Gasteiger partial charge in [0.15, 0.2) is 0 Å². The molecule has 0 radical (unpaired) electrons. The molecule has 0 saturated carbocycles. The van der Waals surface area contributed by atoms with E-state index >= 15 is 0 Å². The molecule has 0 aromatic heterocycles. The Morgan fingerprint density at radius 3 is 2.74 bits per heavy atom. The van der Waals surface area contributed by atoms with Crippen LogP contribution in [0.25, 0.3) is 0 Å². The predicted octanol–water partition coefficient (Wildman–Crippen LogP) is 1.25. The number of nitrogens with two attached hydrogens (primary N) is 1. The van der Waals surface area contributed by atoms with Gasteiger partial charge in [-0.25, -0.2) is 0 Å². The first kappa shape index (κ1) is 19.9. The molecule has 1 heterocycles. The van der Waals surface area contributed by atoms with E-state index in [-0.39, 0.29) is 18.3 Å². The Hall–Kier alpha value is -1.14. The van der Waals surface area contributed by atoms with E-state index in [2.05, 4.69) is 52.5 Å². The second kappa shape index (κ2) is 10.6. The Kier molecular flexibility index (Phi) is 9.17. The number of hydrogen-bond donors (Lipinski definition) is 2. The van der Waals surface area contributed by atoms with Crippen LogP contribution in [0.2, 0.25) is 0 Å². The van der Waals surface area contributed by atoms with Crippen molar-refractivity contribution in [1.82, 2.24) is 15.1 Å². The number of piperazine rings is 1. The molecule has 6 heteroatoms. The van der Waals surface area contributed by atoms with Crippen molar-refractivity contribution >= 4 is 18.3 Å². The Bertz CT molecular complexity index is 457. The number of amides is 1. The van der Waals surface area contributed by atoms with Crippen LogP contribution in [0, 0.1) is 0 Å². The number of halogens is 1. The largest absolute Gasteiger partial charge is 0.356 e. The molecule has 1 fully saturated rings. The summed E-state index contributed by atoms with van der Waals surface area (Å²) in [5.41, 5.74) is 6.75. The van der Waals surface area contributed by atoms with Gasteiger partial charge in [0.05, 0.1) is 0 Å². The average Bonchev–Trinajstić information content (AvgIpc) is 2.54. The van der Waals surface area contributed by atoms with Crippen LogP contribution in [0.15, 0.2) is 30.3 Å². The molecule has 1 aliphatic heterocycles.